The molecule has 5 heteroatoms. The quantitative estimate of drug-likeness (QED) is 0.516. The normalized spacial score (nSPS) is 11.1. The molecule has 0 radical (unpaired) electrons. The van der Waals surface area contributed by atoms with Gasteiger partial charge in [-0.3, -0.25) is 4.68 Å². The molecule has 2 heterocycles. The molecule has 0 saturated carbocycles. The summed E-state index contributed by atoms with van der Waals surface area (Å²) in [6.45, 7) is 2.14. The lowest BCUT2D eigenvalue weighted by atomic mass is 10.1. The Labute approximate surface area is 145 Å². The van der Waals surface area contributed by atoms with Crippen LogP contribution in [0.3, 0.4) is 0 Å². The minimum Gasteiger partial charge on any atom is -0.354 e. The second-order valence-corrected chi connectivity index (χ2v) is 6.62. The molecule has 120 valence electrons. The Hall–Kier alpha value is -2.66. The monoisotopic (exact) mass is 334 g/mol. The molecule has 0 spiro atoms. The number of hydrogen-bond acceptors (Lipinski definition) is 3. The lowest BCUT2D eigenvalue weighted by Gasteiger charge is -2.05. The zero-order valence-electron chi connectivity index (χ0n) is 13.6. The number of rotatable bonds is 4. The van der Waals surface area contributed by atoms with Crippen LogP contribution in [0.15, 0.2) is 65.8 Å². The molecule has 4 aromatic rings. The SMILES string of the molecule is Cc1ccccc1-c1cc2ccc(NSc3ccnn3C)cc2[nH]1. The molecule has 2 aromatic heterocycles. The van der Waals surface area contributed by atoms with E-state index >= 15 is 0 Å². The Kier molecular flexibility index (Phi) is 3.78. The summed E-state index contributed by atoms with van der Waals surface area (Å²) >= 11 is 1.56. The second kappa shape index (κ2) is 6.09. The number of fused-ring (bicyclic) bond motifs is 1. The average molecular weight is 334 g/mol. The third-order valence-electron chi connectivity index (χ3n) is 4.11. The van der Waals surface area contributed by atoms with Gasteiger partial charge in [0.15, 0.2) is 0 Å². The van der Waals surface area contributed by atoms with E-state index in [4.69, 9.17) is 0 Å². The first-order valence-corrected chi connectivity index (χ1v) is 8.62. The molecule has 4 rings (SSSR count). The highest BCUT2D eigenvalue weighted by molar-refractivity contribution is 8.00. The second-order valence-electron chi connectivity index (χ2n) is 5.80. The topological polar surface area (TPSA) is 45.6 Å². The molecule has 0 saturated heterocycles. The van der Waals surface area contributed by atoms with Crippen LogP contribution in [0.5, 0.6) is 0 Å². The molecule has 2 aromatic carbocycles. The number of anilines is 1. The van der Waals surface area contributed by atoms with Crippen molar-refractivity contribution in [2.75, 3.05) is 4.72 Å². The lowest BCUT2D eigenvalue weighted by Crippen LogP contribution is -1.94. The van der Waals surface area contributed by atoms with E-state index in [9.17, 15) is 0 Å². The standard InChI is InChI=1S/C19H18N4S/c1-13-5-3-4-6-16(13)18-11-14-7-8-15(12-17(14)21-18)22-24-19-9-10-20-23(19)2/h3-12,21-22H,1-2H3. The number of nitrogens with zero attached hydrogens (tertiary/aromatic N) is 2. The maximum atomic E-state index is 4.17. The van der Waals surface area contributed by atoms with Crippen LogP contribution in [0.25, 0.3) is 22.2 Å². The van der Waals surface area contributed by atoms with Crippen molar-refractivity contribution in [3.8, 4) is 11.3 Å². The van der Waals surface area contributed by atoms with Crippen LogP contribution >= 0.6 is 11.9 Å². The van der Waals surface area contributed by atoms with Gasteiger partial charge < -0.3 is 9.71 Å². The number of H-pyrrole nitrogens is 1. The number of hydrogen-bond donors (Lipinski definition) is 2. The first-order chi connectivity index (χ1) is 11.7. The van der Waals surface area contributed by atoms with Gasteiger partial charge in [0.05, 0.1) is 6.20 Å². The van der Waals surface area contributed by atoms with Crippen molar-refractivity contribution < 1.29 is 0 Å². The fourth-order valence-electron chi connectivity index (χ4n) is 2.78. The molecular weight excluding hydrogens is 316 g/mol. The van der Waals surface area contributed by atoms with Crippen molar-refractivity contribution in [1.82, 2.24) is 14.8 Å². The first-order valence-electron chi connectivity index (χ1n) is 7.80. The number of aromatic nitrogens is 3. The van der Waals surface area contributed by atoms with Gasteiger partial charge in [0.2, 0.25) is 0 Å². The third-order valence-corrected chi connectivity index (χ3v) is 5.05. The molecule has 0 fully saturated rings. The van der Waals surface area contributed by atoms with Crippen molar-refractivity contribution in [2.24, 2.45) is 7.05 Å². The van der Waals surface area contributed by atoms with Crippen LogP contribution in [0.1, 0.15) is 5.56 Å². The molecule has 0 unspecified atom stereocenters. The summed E-state index contributed by atoms with van der Waals surface area (Å²) in [5.74, 6) is 0. The Morgan fingerprint density at radius 2 is 1.96 bits per heavy atom. The average Bonchev–Trinajstić information content (AvgIpc) is 3.18. The fraction of sp³-hybridized carbons (Fsp3) is 0.105. The van der Waals surface area contributed by atoms with E-state index in [0.29, 0.717) is 0 Å². The van der Waals surface area contributed by atoms with Crippen LogP contribution < -0.4 is 4.72 Å². The summed E-state index contributed by atoms with van der Waals surface area (Å²) in [6, 6.07) is 19.0. The molecule has 0 aliphatic rings. The molecule has 0 bridgehead atoms. The number of aryl methyl sites for hydroxylation is 2. The van der Waals surface area contributed by atoms with Gasteiger partial charge in [0.1, 0.15) is 5.03 Å². The van der Waals surface area contributed by atoms with Crippen molar-refractivity contribution in [3.05, 3.63) is 66.4 Å². The van der Waals surface area contributed by atoms with Crippen molar-refractivity contribution in [1.29, 1.82) is 0 Å². The molecular formula is C19H18N4S. The zero-order chi connectivity index (χ0) is 16.5. The van der Waals surface area contributed by atoms with Gasteiger partial charge in [0, 0.05) is 46.8 Å². The van der Waals surface area contributed by atoms with Gasteiger partial charge >= 0.3 is 0 Å². The number of benzene rings is 2. The summed E-state index contributed by atoms with van der Waals surface area (Å²) in [5, 5.41) is 6.46. The van der Waals surface area contributed by atoms with Gasteiger partial charge in [0.25, 0.3) is 0 Å². The molecule has 0 atom stereocenters. The Morgan fingerprint density at radius 1 is 1.08 bits per heavy atom. The highest BCUT2D eigenvalue weighted by Gasteiger charge is 2.07. The Morgan fingerprint density at radius 3 is 2.75 bits per heavy atom. The van der Waals surface area contributed by atoms with Crippen LogP contribution in [0.2, 0.25) is 0 Å². The number of nitrogens with one attached hydrogen (secondary N) is 2. The van der Waals surface area contributed by atoms with E-state index < -0.39 is 0 Å². The summed E-state index contributed by atoms with van der Waals surface area (Å²) < 4.78 is 5.22. The zero-order valence-corrected chi connectivity index (χ0v) is 14.4. The van der Waals surface area contributed by atoms with Crippen molar-refractivity contribution in [2.45, 2.75) is 11.9 Å². The predicted molar refractivity (Wildman–Crippen MR) is 101 cm³/mol. The van der Waals surface area contributed by atoms with Crippen LogP contribution in [-0.4, -0.2) is 14.8 Å². The van der Waals surface area contributed by atoms with E-state index in [1.165, 1.54) is 16.5 Å². The van der Waals surface area contributed by atoms with Crippen LogP contribution in [0.4, 0.5) is 5.69 Å². The molecule has 4 nitrogen and oxygen atoms in total. The maximum Gasteiger partial charge on any atom is 0.114 e. The smallest absolute Gasteiger partial charge is 0.114 e. The van der Waals surface area contributed by atoms with Gasteiger partial charge in [-0.05, 0) is 36.8 Å². The molecule has 0 aliphatic carbocycles. The molecule has 0 amide bonds. The van der Waals surface area contributed by atoms with Gasteiger partial charge in [-0.1, -0.05) is 30.3 Å². The highest BCUT2D eigenvalue weighted by atomic mass is 32.2. The van der Waals surface area contributed by atoms with E-state index in [2.05, 4.69) is 70.3 Å². The van der Waals surface area contributed by atoms with Gasteiger partial charge in [-0.2, -0.15) is 5.10 Å². The van der Waals surface area contributed by atoms with Crippen LogP contribution in [-0.2, 0) is 7.05 Å². The molecule has 0 aliphatic heterocycles. The predicted octanol–water partition coefficient (Wildman–Crippen LogP) is 5.00. The molecule has 24 heavy (non-hydrogen) atoms. The number of aromatic amines is 1. The maximum absolute atomic E-state index is 4.17. The van der Waals surface area contributed by atoms with Crippen molar-refractivity contribution >= 4 is 28.5 Å². The largest absolute Gasteiger partial charge is 0.354 e. The first kappa shape index (κ1) is 14.9. The lowest BCUT2D eigenvalue weighted by molar-refractivity contribution is 0.699. The minimum absolute atomic E-state index is 1.06. The van der Waals surface area contributed by atoms with E-state index in [1.807, 2.05) is 17.8 Å². The third kappa shape index (κ3) is 2.78. The van der Waals surface area contributed by atoms with E-state index in [-0.39, 0.29) is 0 Å². The molecule has 2 N–H and O–H groups in total. The van der Waals surface area contributed by atoms with Gasteiger partial charge in [-0.25, -0.2) is 0 Å². The van der Waals surface area contributed by atoms with Crippen LogP contribution in [0, 0.1) is 6.92 Å². The Balaban J connectivity index is 1.62. The van der Waals surface area contributed by atoms with E-state index in [1.54, 1.807) is 18.1 Å². The summed E-state index contributed by atoms with van der Waals surface area (Å²) in [4.78, 5) is 3.53. The fourth-order valence-corrected chi connectivity index (χ4v) is 3.44. The van der Waals surface area contributed by atoms with Crippen molar-refractivity contribution in [3.63, 3.8) is 0 Å². The summed E-state index contributed by atoms with van der Waals surface area (Å²) in [6.07, 6.45) is 1.80. The minimum atomic E-state index is 1.06. The summed E-state index contributed by atoms with van der Waals surface area (Å²) in [5.41, 5.74) is 5.86. The van der Waals surface area contributed by atoms with E-state index in [0.717, 1.165) is 21.9 Å². The Bertz CT molecular complexity index is 999. The summed E-state index contributed by atoms with van der Waals surface area (Å²) in [7, 11) is 1.94. The van der Waals surface area contributed by atoms with Gasteiger partial charge in [-0.15, -0.1) is 0 Å². The highest BCUT2D eigenvalue weighted by Crippen LogP contribution is 2.29.